The van der Waals surface area contributed by atoms with E-state index in [-0.39, 0.29) is 5.91 Å². The lowest BCUT2D eigenvalue weighted by molar-refractivity contribution is 0.0727. The minimum absolute atomic E-state index is 0.00886. The van der Waals surface area contributed by atoms with Gasteiger partial charge in [0, 0.05) is 12.6 Å². The van der Waals surface area contributed by atoms with Crippen molar-refractivity contribution in [2.45, 2.75) is 39.3 Å². The Balaban J connectivity index is 1.82. The number of ether oxygens (including phenoxy) is 1. The van der Waals surface area contributed by atoms with E-state index in [0.717, 1.165) is 24.2 Å². The van der Waals surface area contributed by atoms with Crippen molar-refractivity contribution in [1.29, 1.82) is 0 Å². The first kappa shape index (κ1) is 14.6. The molecule has 5 heteroatoms. The molecular formula is C17H20N2O3. The molecule has 5 nitrogen and oxygen atoms in total. The Morgan fingerprint density at radius 2 is 2.00 bits per heavy atom. The molecule has 0 unspecified atom stereocenters. The van der Waals surface area contributed by atoms with Gasteiger partial charge in [0.1, 0.15) is 17.1 Å². The van der Waals surface area contributed by atoms with E-state index >= 15 is 0 Å². The standard InChI is InChI=1S/C17H20N2O3/c1-11-16(12(2)22-18-11)17(20)19(14-6-7-14)10-13-4-8-15(21-3)9-5-13/h4-5,8-9,14H,6-7,10H2,1-3H3. The highest BCUT2D eigenvalue weighted by Crippen LogP contribution is 2.31. The number of aromatic nitrogens is 1. The van der Waals surface area contributed by atoms with Gasteiger partial charge in [0.2, 0.25) is 0 Å². The van der Waals surface area contributed by atoms with Gasteiger partial charge in [-0.05, 0) is 44.4 Å². The van der Waals surface area contributed by atoms with Gasteiger partial charge in [0.25, 0.3) is 5.91 Å². The van der Waals surface area contributed by atoms with Gasteiger partial charge in [-0.3, -0.25) is 4.79 Å². The van der Waals surface area contributed by atoms with E-state index in [2.05, 4.69) is 5.16 Å². The fraction of sp³-hybridized carbons (Fsp3) is 0.412. The van der Waals surface area contributed by atoms with Crippen molar-refractivity contribution in [2.75, 3.05) is 7.11 Å². The molecule has 22 heavy (non-hydrogen) atoms. The highest BCUT2D eigenvalue weighted by atomic mass is 16.5. The van der Waals surface area contributed by atoms with Crippen molar-refractivity contribution in [3.05, 3.63) is 46.8 Å². The Hall–Kier alpha value is -2.30. The van der Waals surface area contributed by atoms with E-state index in [4.69, 9.17) is 9.26 Å². The zero-order valence-electron chi connectivity index (χ0n) is 13.1. The molecule has 1 aliphatic carbocycles. The average Bonchev–Trinajstić information content (AvgIpc) is 3.30. The summed E-state index contributed by atoms with van der Waals surface area (Å²) in [6, 6.07) is 8.15. The summed E-state index contributed by atoms with van der Waals surface area (Å²) in [4.78, 5) is 14.8. The molecule has 1 amide bonds. The molecule has 2 aromatic rings. The Morgan fingerprint density at radius 3 is 2.50 bits per heavy atom. The van der Waals surface area contributed by atoms with Gasteiger partial charge >= 0.3 is 0 Å². The zero-order valence-corrected chi connectivity index (χ0v) is 13.1. The first-order valence-electron chi connectivity index (χ1n) is 7.47. The van der Waals surface area contributed by atoms with Crippen LogP contribution >= 0.6 is 0 Å². The molecule has 116 valence electrons. The maximum Gasteiger partial charge on any atom is 0.259 e. The van der Waals surface area contributed by atoms with Gasteiger partial charge in [0.05, 0.1) is 12.8 Å². The monoisotopic (exact) mass is 300 g/mol. The fourth-order valence-corrected chi connectivity index (χ4v) is 2.61. The van der Waals surface area contributed by atoms with Crippen LogP contribution in [0.15, 0.2) is 28.8 Å². The number of nitrogens with zero attached hydrogens (tertiary/aromatic N) is 2. The second kappa shape index (κ2) is 5.83. The Bertz CT molecular complexity index is 652. The molecule has 1 aromatic carbocycles. The fourth-order valence-electron chi connectivity index (χ4n) is 2.61. The van der Waals surface area contributed by atoms with Gasteiger partial charge < -0.3 is 14.2 Å². The van der Waals surface area contributed by atoms with Crippen LogP contribution in [0.2, 0.25) is 0 Å². The number of rotatable bonds is 5. The smallest absolute Gasteiger partial charge is 0.259 e. The van der Waals surface area contributed by atoms with Crippen molar-refractivity contribution in [1.82, 2.24) is 10.1 Å². The molecular weight excluding hydrogens is 280 g/mol. The normalized spacial score (nSPS) is 14.0. The number of amides is 1. The molecule has 0 radical (unpaired) electrons. The van der Waals surface area contributed by atoms with E-state index in [1.807, 2.05) is 36.1 Å². The van der Waals surface area contributed by atoms with Gasteiger partial charge in [0.15, 0.2) is 0 Å². The van der Waals surface area contributed by atoms with E-state index < -0.39 is 0 Å². The maximum absolute atomic E-state index is 12.9. The summed E-state index contributed by atoms with van der Waals surface area (Å²) in [5, 5.41) is 3.89. The molecule has 3 rings (SSSR count). The van der Waals surface area contributed by atoms with Crippen LogP contribution in [0.4, 0.5) is 0 Å². The van der Waals surface area contributed by atoms with Gasteiger partial charge in [-0.2, -0.15) is 0 Å². The Labute approximate surface area is 129 Å². The van der Waals surface area contributed by atoms with Crippen molar-refractivity contribution >= 4 is 5.91 Å². The topological polar surface area (TPSA) is 55.6 Å². The van der Waals surface area contributed by atoms with Crippen LogP contribution in [-0.4, -0.2) is 29.1 Å². The van der Waals surface area contributed by atoms with Crippen molar-refractivity contribution in [3.63, 3.8) is 0 Å². The predicted octanol–water partition coefficient (Wildman–Crippen LogP) is 3.10. The molecule has 1 saturated carbocycles. The number of benzene rings is 1. The largest absolute Gasteiger partial charge is 0.497 e. The number of hydrogen-bond acceptors (Lipinski definition) is 4. The second-order valence-electron chi connectivity index (χ2n) is 5.71. The summed E-state index contributed by atoms with van der Waals surface area (Å²) in [5.41, 5.74) is 2.34. The maximum atomic E-state index is 12.9. The molecule has 0 atom stereocenters. The summed E-state index contributed by atoms with van der Waals surface area (Å²) in [6.45, 7) is 4.19. The highest BCUT2D eigenvalue weighted by Gasteiger charge is 2.35. The van der Waals surface area contributed by atoms with Gasteiger partial charge in [-0.15, -0.1) is 0 Å². The van der Waals surface area contributed by atoms with Crippen LogP contribution in [0.5, 0.6) is 5.75 Å². The van der Waals surface area contributed by atoms with Crippen LogP contribution in [0, 0.1) is 13.8 Å². The summed E-state index contributed by atoms with van der Waals surface area (Å²) in [6.07, 6.45) is 2.12. The number of hydrogen-bond donors (Lipinski definition) is 0. The third kappa shape index (κ3) is 2.84. The van der Waals surface area contributed by atoms with Crippen LogP contribution in [0.1, 0.15) is 40.2 Å². The van der Waals surface area contributed by atoms with E-state index in [0.29, 0.717) is 29.6 Å². The first-order valence-corrected chi connectivity index (χ1v) is 7.47. The van der Waals surface area contributed by atoms with Gasteiger partial charge in [-0.25, -0.2) is 0 Å². The molecule has 1 heterocycles. The molecule has 0 aliphatic heterocycles. The molecule has 0 saturated heterocycles. The summed E-state index contributed by atoms with van der Waals surface area (Å²) in [5.74, 6) is 1.41. The summed E-state index contributed by atoms with van der Waals surface area (Å²) >= 11 is 0. The van der Waals surface area contributed by atoms with Crippen LogP contribution in [0.3, 0.4) is 0 Å². The quantitative estimate of drug-likeness (QED) is 0.851. The number of carbonyl (C=O) groups is 1. The van der Waals surface area contributed by atoms with E-state index in [1.165, 1.54) is 0 Å². The molecule has 0 bridgehead atoms. The predicted molar refractivity (Wildman–Crippen MR) is 81.9 cm³/mol. The molecule has 0 spiro atoms. The summed E-state index contributed by atoms with van der Waals surface area (Å²) in [7, 11) is 1.65. The Kier molecular flexibility index (Phi) is 3.88. The lowest BCUT2D eigenvalue weighted by Gasteiger charge is -2.22. The summed E-state index contributed by atoms with van der Waals surface area (Å²) < 4.78 is 10.3. The van der Waals surface area contributed by atoms with Crippen molar-refractivity contribution in [2.24, 2.45) is 0 Å². The Morgan fingerprint density at radius 1 is 1.32 bits per heavy atom. The average molecular weight is 300 g/mol. The lowest BCUT2D eigenvalue weighted by atomic mass is 10.1. The minimum Gasteiger partial charge on any atom is -0.497 e. The first-order chi connectivity index (χ1) is 10.6. The highest BCUT2D eigenvalue weighted by molar-refractivity contribution is 5.96. The second-order valence-corrected chi connectivity index (χ2v) is 5.71. The molecule has 0 N–H and O–H groups in total. The molecule has 1 aromatic heterocycles. The van der Waals surface area contributed by atoms with Crippen LogP contribution in [0.25, 0.3) is 0 Å². The van der Waals surface area contributed by atoms with Crippen LogP contribution < -0.4 is 4.74 Å². The van der Waals surface area contributed by atoms with E-state index in [1.54, 1.807) is 14.0 Å². The number of carbonyl (C=O) groups excluding carboxylic acids is 1. The van der Waals surface area contributed by atoms with Crippen molar-refractivity contribution in [3.8, 4) is 5.75 Å². The number of methoxy groups -OCH3 is 1. The SMILES string of the molecule is COc1ccc(CN(C(=O)c2c(C)noc2C)C2CC2)cc1. The molecule has 1 aliphatic rings. The third-order valence-corrected chi connectivity index (χ3v) is 4.01. The molecule has 1 fully saturated rings. The van der Waals surface area contributed by atoms with Crippen molar-refractivity contribution < 1.29 is 14.1 Å². The third-order valence-electron chi connectivity index (χ3n) is 4.01. The zero-order chi connectivity index (χ0) is 15.7. The van der Waals surface area contributed by atoms with Crippen LogP contribution in [-0.2, 0) is 6.54 Å². The lowest BCUT2D eigenvalue weighted by Crippen LogP contribution is -2.33. The van der Waals surface area contributed by atoms with E-state index in [9.17, 15) is 4.79 Å². The van der Waals surface area contributed by atoms with Gasteiger partial charge in [-0.1, -0.05) is 17.3 Å². The number of aryl methyl sites for hydroxylation is 2. The minimum atomic E-state index is 0.00886.